The Bertz CT molecular complexity index is 684. The molecule has 1 aromatic rings. The maximum absolute atomic E-state index is 13.2. The van der Waals surface area contributed by atoms with E-state index in [4.69, 9.17) is 4.98 Å². The van der Waals surface area contributed by atoms with E-state index in [9.17, 15) is 9.59 Å². The van der Waals surface area contributed by atoms with Crippen LogP contribution in [0.15, 0.2) is 12.7 Å². The van der Waals surface area contributed by atoms with Gasteiger partial charge >= 0.3 is 0 Å². The van der Waals surface area contributed by atoms with Gasteiger partial charge in [-0.3, -0.25) is 14.5 Å². The number of rotatable bonds is 5. The molecule has 3 aliphatic rings. The number of fused-ring (bicyclic) bond motifs is 1. The topological polar surface area (TPSA) is 53.5 Å². The number of aryl methyl sites for hydroxylation is 2. The van der Waals surface area contributed by atoms with Gasteiger partial charge in [-0.25, -0.2) is 4.98 Å². The lowest BCUT2D eigenvalue weighted by molar-refractivity contribution is -0.130. The van der Waals surface area contributed by atoms with Crippen molar-refractivity contribution < 1.29 is 9.59 Å². The van der Waals surface area contributed by atoms with E-state index in [-0.39, 0.29) is 17.7 Å². The van der Waals surface area contributed by atoms with Crippen molar-refractivity contribution in [2.75, 3.05) is 18.0 Å². The highest BCUT2D eigenvalue weighted by molar-refractivity contribution is 7.16. The summed E-state index contributed by atoms with van der Waals surface area (Å²) in [6.07, 6.45) is 11.1. The number of likely N-dealkylation sites (tertiary alicyclic amines) is 1. The summed E-state index contributed by atoms with van der Waals surface area (Å²) in [6.45, 7) is 4.84. The van der Waals surface area contributed by atoms with Crippen molar-refractivity contribution in [3.63, 3.8) is 0 Å². The summed E-state index contributed by atoms with van der Waals surface area (Å²) in [4.78, 5) is 35.5. The normalized spacial score (nSPS) is 23.3. The lowest BCUT2D eigenvalue weighted by Crippen LogP contribution is -2.39. The van der Waals surface area contributed by atoms with Crippen molar-refractivity contribution in [1.29, 1.82) is 0 Å². The number of amides is 2. The average molecular weight is 374 g/mol. The fourth-order valence-electron chi connectivity index (χ4n) is 4.53. The van der Waals surface area contributed by atoms with Crippen LogP contribution in [0.2, 0.25) is 0 Å². The number of nitrogens with zero attached hydrogens (tertiary/aromatic N) is 3. The van der Waals surface area contributed by atoms with E-state index in [1.807, 2.05) is 4.90 Å². The second kappa shape index (κ2) is 7.51. The summed E-state index contributed by atoms with van der Waals surface area (Å²) in [6, 6.07) is 0.348. The van der Waals surface area contributed by atoms with E-state index in [0.717, 1.165) is 36.5 Å². The number of hydrogen-bond acceptors (Lipinski definition) is 4. The first-order chi connectivity index (χ1) is 12.7. The monoisotopic (exact) mass is 373 g/mol. The molecular weight excluding hydrogens is 346 g/mol. The summed E-state index contributed by atoms with van der Waals surface area (Å²) in [5.74, 6) is -0.0685. The van der Waals surface area contributed by atoms with Crippen molar-refractivity contribution in [2.24, 2.45) is 5.92 Å². The van der Waals surface area contributed by atoms with Crippen molar-refractivity contribution in [3.8, 4) is 0 Å². The number of carbonyl (C=O) groups is 2. The quantitative estimate of drug-likeness (QED) is 0.744. The van der Waals surface area contributed by atoms with Crippen molar-refractivity contribution in [3.05, 3.63) is 23.2 Å². The third kappa shape index (κ3) is 3.31. The van der Waals surface area contributed by atoms with Gasteiger partial charge in [-0.05, 0) is 38.5 Å². The van der Waals surface area contributed by atoms with E-state index < -0.39 is 0 Å². The van der Waals surface area contributed by atoms with Crippen molar-refractivity contribution in [1.82, 2.24) is 9.88 Å². The van der Waals surface area contributed by atoms with Crippen molar-refractivity contribution >= 4 is 28.3 Å². The Kier molecular flexibility index (Phi) is 5.11. The fourth-order valence-corrected chi connectivity index (χ4v) is 5.69. The van der Waals surface area contributed by atoms with Gasteiger partial charge in [0.25, 0.3) is 0 Å². The molecule has 26 heavy (non-hydrogen) atoms. The fraction of sp³-hybridized carbons (Fsp3) is 0.650. The van der Waals surface area contributed by atoms with Gasteiger partial charge in [0.05, 0.1) is 11.6 Å². The second-order valence-electron chi connectivity index (χ2n) is 7.70. The van der Waals surface area contributed by atoms with Crippen LogP contribution in [0.3, 0.4) is 0 Å². The van der Waals surface area contributed by atoms with E-state index in [1.165, 1.54) is 30.6 Å². The van der Waals surface area contributed by atoms with E-state index in [1.54, 1.807) is 22.3 Å². The molecule has 0 radical (unpaired) electrons. The van der Waals surface area contributed by atoms with Crippen molar-refractivity contribution in [2.45, 2.75) is 63.8 Å². The third-order valence-electron chi connectivity index (χ3n) is 5.92. The Hall–Kier alpha value is -1.69. The van der Waals surface area contributed by atoms with E-state index >= 15 is 0 Å². The van der Waals surface area contributed by atoms with Gasteiger partial charge in [-0.1, -0.05) is 18.9 Å². The molecule has 0 spiro atoms. The van der Waals surface area contributed by atoms with E-state index in [0.29, 0.717) is 25.6 Å². The van der Waals surface area contributed by atoms with Gasteiger partial charge in [0.15, 0.2) is 5.13 Å². The van der Waals surface area contributed by atoms with Gasteiger partial charge in [0.2, 0.25) is 11.8 Å². The van der Waals surface area contributed by atoms with Crippen LogP contribution in [-0.4, -0.2) is 40.8 Å². The lowest BCUT2D eigenvalue weighted by Gasteiger charge is -2.25. The molecule has 0 N–H and O–H groups in total. The smallest absolute Gasteiger partial charge is 0.234 e. The number of aromatic nitrogens is 1. The molecule has 2 heterocycles. The highest BCUT2D eigenvalue weighted by Gasteiger charge is 2.40. The minimum Gasteiger partial charge on any atom is -0.339 e. The van der Waals surface area contributed by atoms with Gasteiger partial charge in [0, 0.05) is 30.4 Å². The van der Waals surface area contributed by atoms with Crippen LogP contribution in [0.25, 0.3) is 0 Å². The Labute approximate surface area is 159 Å². The summed E-state index contributed by atoms with van der Waals surface area (Å²) < 4.78 is 0. The molecule has 4 rings (SSSR count). The molecule has 1 saturated carbocycles. The molecule has 1 aliphatic heterocycles. The third-order valence-corrected chi connectivity index (χ3v) is 7.10. The molecule has 1 atom stereocenters. The Morgan fingerprint density at radius 2 is 2.04 bits per heavy atom. The average Bonchev–Trinajstić information content (AvgIpc) is 3.37. The highest BCUT2D eigenvalue weighted by Crippen LogP contribution is 2.34. The van der Waals surface area contributed by atoms with Crippen LogP contribution in [-0.2, 0) is 22.4 Å². The molecular formula is C20H27N3O2S. The zero-order valence-electron chi connectivity index (χ0n) is 15.3. The molecule has 6 heteroatoms. The summed E-state index contributed by atoms with van der Waals surface area (Å²) >= 11 is 1.65. The van der Waals surface area contributed by atoms with Gasteiger partial charge in [-0.15, -0.1) is 17.9 Å². The highest BCUT2D eigenvalue weighted by atomic mass is 32.1. The minimum atomic E-state index is -0.246. The predicted molar refractivity (Wildman–Crippen MR) is 103 cm³/mol. The molecule has 2 amide bonds. The standard InChI is InChI=1S/C20H27N3O2S/c1-2-11-22(20-21-16-9-5-6-10-17(16)26-20)19(25)14-12-18(24)23(13-14)15-7-3-4-8-15/h2,14-15H,1,3-13H2/t14-/m1/s1. The summed E-state index contributed by atoms with van der Waals surface area (Å²) in [5.41, 5.74) is 1.16. The zero-order valence-corrected chi connectivity index (χ0v) is 16.1. The Morgan fingerprint density at radius 3 is 2.77 bits per heavy atom. The molecule has 1 saturated heterocycles. The number of hydrogen-bond donors (Lipinski definition) is 0. The number of carbonyl (C=O) groups excluding carboxylic acids is 2. The first kappa shape index (κ1) is 17.7. The Balaban J connectivity index is 1.51. The summed E-state index contributed by atoms with van der Waals surface area (Å²) in [5, 5.41) is 0.786. The number of thiazole rings is 1. The molecule has 0 unspecified atom stereocenters. The largest absolute Gasteiger partial charge is 0.339 e. The molecule has 0 aromatic carbocycles. The summed E-state index contributed by atoms with van der Waals surface area (Å²) in [7, 11) is 0. The molecule has 140 valence electrons. The Morgan fingerprint density at radius 1 is 1.27 bits per heavy atom. The molecule has 1 aromatic heterocycles. The molecule has 2 aliphatic carbocycles. The predicted octanol–water partition coefficient (Wildman–Crippen LogP) is 3.33. The number of anilines is 1. The zero-order chi connectivity index (χ0) is 18.1. The molecule has 5 nitrogen and oxygen atoms in total. The maximum Gasteiger partial charge on any atom is 0.234 e. The minimum absolute atomic E-state index is 0.0323. The molecule has 0 bridgehead atoms. The van der Waals surface area contributed by atoms with Crippen LogP contribution in [0.1, 0.15) is 55.5 Å². The second-order valence-corrected chi connectivity index (χ2v) is 8.76. The maximum atomic E-state index is 13.2. The first-order valence-electron chi connectivity index (χ1n) is 9.87. The van der Waals surface area contributed by atoms with Gasteiger partial charge in [0.1, 0.15) is 0 Å². The van der Waals surface area contributed by atoms with Gasteiger partial charge in [-0.2, -0.15) is 0 Å². The SMILES string of the molecule is C=CCN(C(=O)[C@@H]1CC(=O)N(C2CCCC2)C1)c1nc2c(s1)CCCC2. The lowest BCUT2D eigenvalue weighted by atomic mass is 10.0. The van der Waals surface area contributed by atoms with Crippen LogP contribution in [0.5, 0.6) is 0 Å². The van der Waals surface area contributed by atoms with Crippen LogP contribution in [0, 0.1) is 5.92 Å². The first-order valence-corrected chi connectivity index (χ1v) is 10.7. The van der Waals surface area contributed by atoms with Crippen LogP contribution >= 0.6 is 11.3 Å². The molecule has 2 fully saturated rings. The van der Waals surface area contributed by atoms with E-state index in [2.05, 4.69) is 6.58 Å². The van der Waals surface area contributed by atoms with Crippen LogP contribution in [0.4, 0.5) is 5.13 Å². The van der Waals surface area contributed by atoms with Gasteiger partial charge < -0.3 is 4.90 Å². The van der Waals surface area contributed by atoms with Crippen LogP contribution < -0.4 is 4.90 Å².